The van der Waals surface area contributed by atoms with Crippen molar-refractivity contribution in [1.29, 1.82) is 0 Å². The number of methoxy groups -OCH3 is 1. The smallest absolute Gasteiger partial charge is 0.214 e. The second-order valence-corrected chi connectivity index (χ2v) is 6.40. The number of pyridine rings is 1. The molecule has 0 aliphatic carbocycles. The fraction of sp³-hybridized carbons (Fsp3) is 0.267. The lowest BCUT2D eigenvalue weighted by molar-refractivity contribution is 0.217. The van der Waals surface area contributed by atoms with Gasteiger partial charge in [-0.25, -0.2) is 13.1 Å². The van der Waals surface area contributed by atoms with Crippen molar-refractivity contribution in [1.82, 2.24) is 9.71 Å². The maximum atomic E-state index is 12.1. The van der Waals surface area contributed by atoms with Crippen LogP contribution in [-0.4, -0.2) is 32.9 Å². The van der Waals surface area contributed by atoms with E-state index in [1.165, 1.54) is 7.11 Å². The number of sulfonamides is 1. The molecule has 0 aliphatic rings. The van der Waals surface area contributed by atoms with Crippen molar-refractivity contribution in [3.8, 4) is 0 Å². The monoisotopic (exact) mass is 306 g/mol. The van der Waals surface area contributed by atoms with Crippen molar-refractivity contribution in [2.24, 2.45) is 0 Å². The van der Waals surface area contributed by atoms with Gasteiger partial charge in [-0.3, -0.25) is 4.98 Å². The Morgan fingerprint density at radius 3 is 2.48 bits per heavy atom. The first kappa shape index (κ1) is 15.6. The molecule has 0 bridgehead atoms. The Kier molecular flexibility index (Phi) is 5.44. The summed E-state index contributed by atoms with van der Waals surface area (Å²) >= 11 is 0. The molecule has 1 N–H and O–H groups in total. The zero-order valence-electron chi connectivity index (χ0n) is 11.8. The van der Waals surface area contributed by atoms with Crippen LogP contribution in [0.5, 0.6) is 0 Å². The number of rotatable bonds is 7. The van der Waals surface area contributed by atoms with Gasteiger partial charge in [0.05, 0.1) is 24.1 Å². The molecule has 6 heteroatoms. The second kappa shape index (κ2) is 7.31. The van der Waals surface area contributed by atoms with Crippen molar-refractivity contribution in [2.45, 2.75) is 6.04 Å². The number of ether oxygens (including phenoxy) is 1. The van der Waals surface area contributed by atoms with Gasteiger partial charge in [0.2, 0.25) is 10.0 Å². The molecule has 0 amide bonds. The highest BCUT2D eigenvalue weighted by atomic mass is 32.2. The molecule has 1 aromatic heterocycles. The standard InChI is InChI=1S/C15H18N2O3S/c1-20-11-12-21(18,19)17-15(13-7-3-2-4-8-13)14-9-5-6-10-16-14/h2-10,15,17H,11-12H2,1H3/t15-/m0/s1. The van der Waals surface area contributed by atoms with Gasteiger partial charge in [-0.15, -0.1) is 0 Å². The first-order valence-corrected chi connectivity index (χ1v) is 8.22. The Labute approximate surface area is 125 Å². The van der Waals surface area contributed by atoms with Gasteiger partial charge in [-0.2, -0.15) is 0 Å². The molecule has 2 rings (SSSR count). The first-order chi connectivity index (χ1) is 10.1. The summed E-state index contributed by atoms with van der Waals surface area (Å²) in [7, 11) is -1.98. The lowest BCUT2D eigenvalue weighted by Crippen LogP contribution is -2.33. The second-order valence-electron chi connectivity index (χ2n) is 4.53. The van der Waals surface area contributed by atoms with Crippen LogP contribution in [0, 0.1) is 0 Å². The molecular formula is C15H18N2O3S. The lowest BCUT2D eigenvalue weighted by Gasteiger charge is -2.18. The molecule has 112 valence electrons. The predicted octanol–water partition coefficient (Wildman–Crippen LogP) is 1.74. The number of nitrogens with zero attached hydrogens (tertiary/aromatic N) is 1. The molecule has 0 radical (unpaired) electrons. The van der Waals surface area contributed by atoms with Gasteiger partial charge in [0.1, 0.15) is 0 Å². The molecule has 1 atom stereocenters. The van der Waals surface area contributed by atoms with Gasteiger partial charge >= 0.3 is 0 Å². The molecule has 2 aromatic rings. The van der Waals surface area contributed by atoms with Crippen molar-refractivity contribution >= 4 is 10.0 Å². The fourth-order valence-corrected chi connectivity index (χ4v) is 3.04. The Hall–Kier alpha value is -1.76. The number of hydrogen-bond donors (Lipinski definition) is 1. The van der Waals surface area contributed by atoms with Gasteiger partial charge < -0.3 is 4.74 Å². The lowest BCUT2D eigenvalue weighted by atomic mass is 10.0. The van der Waals surface area contributed by atoms with Crippen LogP contribution in [0.15, 0.2) is 54.7 Å². The summed E-state index contributed by atoms with van der Waals surface area (Å²) in [6, 6.07) is 14.3. The molecule has 0 aliphatic heterocycles. The quantitative estimate of drug-likeness (QED) is 0.846. The largest absolute Gasteiger partial charge is 0.384 e. The zero-order chi connectivity index (χ0) is 15.1. The van der Waals surface area contributed by atoms with Gasteiger partial charge in [-0.05, 0) is 17.7 Å². The van der Waals surface area contributed by atoms with Gasteiger partial charge in [-0.1, -0.05) is 36.4 Å². The van der Waals surface area contributed by atoms with E-state index in [4.69, 9.17) is 4.74 Å². The van der Waals surface area contributed by atoms with Crippen LogP contribution in [0.4, 0.5) is 0 Å². The number of hydrogen-bond acceptors (Lipinski definition) is 4. The highest BCUT2D eigenvalue weighted by Gasteiger charge is 2.21. The molecule has 0 fully saturated rings. The third-order valence-corrected chi connectivity index (χ3v) is 4.27. The fourth-order valence-electron chi connectivity index (χ4n) is 1.92. The van der Waals surface area contributed by atoms with E-state index in [0.29, 0.717) is 5.69 Å². The molecule has 0 spiro atoms. The van der Waals surface area contributed by atoms with E-state index in [0.717, 1.165) is 5.56 Å². The predicted molar refractivity (Wildman–Crippen MR) is 81.3 cm³/mol. The van der Waals surface area contributed by atoms with Crippen molar-refractivity contribution in [2.75, 3.05) is 19.5 Å². The summed E-state index contributed by atoms with van der Waals surface area (Å²) in [6.07, 6.45) is 1.65. The van der Waals surface area contributed by atoms with E-state index in [2.05, 4.69) is 9.71 Å². The normalized spacial score (nSPS) is 13.0. The van der Waals surface area contributed by atoms with Crippen LogP contribution < -0.4 is 4.72 Å². The third kappa shape index (κ3) is 4.63. The Bertz CT molecular complexity index is 606. The van der Waals surface area contributed by atoms with E-state index in [9.17, 15) is 8.42 Å². The summed E-state index contributed by atoms with van der Waals surface area (Å²) in [5.41, 5.74) is 1.50. The van der Waals surface area contributed by atoms with Crippen molar-refractivity contribution < 1.29 is 13.2 Å². The van der Waals surface area contributed by atoms with Gasteiger partial charge in [0.15, 0.2) is 0 Å². The van der Waals surface area contributed by atoms with Crippen molar-refractivity contribution in [3.63, 3.8) is 0 Å². The van der Waals surface area contributed by atoms with E-state index in [-0.39, 0.29) is 12.4 Å². The van der Waals surface area contributed by atoms with Crippen LogP contribution in [0.25, 0.3) is 0 Å². The molecule has 1 heterocycles. The van der Waals surface area contributed by atoms with E-state index in [1.54, 1.807) is 18.3 Å². The van der Waals surface area contributed by atoms with Crippen molar-refractivity contribution in [3.05, 3.63) is 66.0 Å². The minimum absolute atomic E-state index is 0.0837. The van der Waals surface area contributed by atoms with Crippen LogP contribution in [-0.2, 0) is 14.8 Å². The molecule has 0 unspecified atom stereocenters. The molecular weight excluding hydrogens is 288 g/mol. The molecule has 21 heavy (non-hydrogen) atoms. The highest BCUT2D eigenvalue weighted by Crippen LogP contribution is 2.20. The average molecular weight is 306 g/mol. The summed E-state index contributed by atoms with van der Waals surface area (Å²) in [6.45, 7) is 0.152. The first-order valence-electron chi connectivity index (χ1n) is 6.57. The Balaban J connectivity index is 2.30. The van der Waals surface area contributed by atoms with Crippen LogP contribution >= 0.6 is 0 Å². The third-order valence-electron chi connectivity index (χ3n) is 2.97. The Morgan fingerprint density at radius 1 is 1.14 bits per heavy atom. The molecule has 0 saturated carbocycles. The van der Waals surface area contributed by atoms with E-state index >= 15 is 0 Å². The maximum Gasteiger partial charge on any atom is 0.214 e. The molecule has 5 nitrogen and oxygen atoms in total. The van der Waals surface area contributed by atoms with Gasteiger partial charge in [0, 0.05) is 13.3 Å². The number of aromatic nitrogens is 1. The summed E-state index contributed by atoms with van der Waals surface area (Å²) in [4.78, 5) is 4.26. The van der Waals surface area contributed by atoms with E-state index in [1.807, 2.05) is 36.4 Å². The Morgan fingerprint density at radius 2 is 1.86 bits per heavy atom. The average Bonchev–Trinajstić information content (AvgIpc) is 2.52. The summed E-state index contributed by atoms with van der Waals surface area (Å²) in [5.74, 6) is -0.0837. The summed E-state index contributed by atoms with van der Waals surface area (Å²) < 4.78 is 31.8. The maximum absolute atomic E-state index is 12.1. The highest BCUT2D eigenvalue weighted by molar-refractivity contribution is 7.89. The topological polar surface area (TPSA) is 68.3 Å². The minimum Gasteiger partial charge on any atom is -0.384 e. The zero-order valence-corrected chi connectivity index (χ0v) is 12.6. The van der Waals surface area contributed by atoms with E-state index < -0.39 is 16.1 Å². The molecule has 1 aromatic carbocycles. The van der Waals surface area contributed by atoms with Crippen LogP contribution in [0.1, 0.15) is 17.3 Å². The van der Waals surface area contributed by atoms with Gasteiger partial charge in [0.25, 0.3) is 0 Å². The number of nitrogens with one attached hydrogen (secondary N) is 1. The van der Waals surface area contributed by atoms with Crippen LogP contribution in [0.2, 0.25) is 0 Å². The summed E-state index contributed by atoms with van der Waals surface area (Å²) in [5, 5.41) is 0. The number of benzene rings is 1. The SMILES string of the molecule is COCCS(=O)(=O)N[C@@H](c1ccccc1)c1ccccn1. The molecule has 0 saturated heterocycles. The van der Waals surface area contributed by atoms with Crippen LogP contribution in [0.3, 0.4) is 0 Å². The minimum atomic E-state index is -3.45.